The second-order valence-corrected chi connectivity index (χ2v) is 20.0. The normalized spacial score (nSPS) is 12.1. The zero-order valence-corrected chi connectivity index (χ0v) is 51.9. The molecule has 8 aromatic rings. The third-order valence-electron chi connectivity index (χ3n) is 11.9. The van der Waals surface area contributed by atoms with Crippen LogP contribution < -0.4 is 63.8 Å². The number of urea groups is 2. The molecular formula is C59H66Cl5N19O5. The Labute approximate surface area is 534 Å². The summed E-state index contributed by atoms with van der Waals surface area (Å²) in [4.78, 5) is 64.7. The summed E-state index contributed by atoms with van der Waals surface area (Å²) >= 11 is 29.7. The smallest absolute Gasteiger partial charge is 0.319 e. The standard InChI is InChI=1S/C23H26ClN7O2.C13H13Cl2N5O.C10H8Cl2N4.C10H14N2O.C3H5NO/c1-2-25-23(32)29-20-6-4-3-5-19(20)28-21-18(24)15-26-22(30-21)27-16-7-9-17(10-8-16)31-11-13-33-14-12-31;1-2-16-13(21)19-10-6-4-3-5-9(10)18-11-8(14)7-17-12(15)20-11;11-6-5-14-10(12)16-9(6)15-8-4-2-1-3-7(8)13;11-9-1-3-10(4-2-9)12-5-7-13-8-6-12;1-2-4-3-5/h3-10,15H,2,11-14H2,1H3,(H2,25,29,32)(H2,26,27,28,30);3-7H,2H2,1H3,(H2,16,19,21)(H,17,18,20);1-5H,13H2,(H,14,15,16);1-4H,5-8,11H2;2H2,1H3. The number of aromatic nitrogens is 6. The Bertz CT molecular complexity index is 3530. The summed E-state index contributed by atoms with van der Waals surface area (Å²) in [5.74, 6) is 1.61. The first kappa shape index (κ1) is 68.1. The van der Waals surface area contributed by atoms with Gasteiger partial charge in [0.05, 0.1) is 79.1 Å². The third-order valence-corrected chi connectivity index (χ3v) is 13.1. The number of carbonyl (C=O) groups is 2. The number of nitrogen functional groups attached to an aromatic ring is 2. The maximum absolute atomic E-state index is 11.9. The van der Waals surface area contributed by atoms with Crippen LogP contribution in [0.2, 0.25) is 25.6 Å². The van der Waals surface area contributed by atoms with E-state index in [-0.39, 0.29) is 22.6 Å². The van der Waals surface area contributed by atoms with E-state index in [0.717, 1.165) is 75.4 Å². The van der Waals surface area contributed by atoms with Crippen LogP contribution in [0.5, 0.6) is 0 Å². The van der Waals surface area contributed by atoms with Gasteiger partial charge in [-0.3, -0.25) is 0 Å². The van der Waals surface area contributed by atoms with E-state index in [0.29, 0.717) is 86.5 Å². The number of hydrogen-bond acceptors (Lipinski definition) is 20. The summed E-state index contributed by atoms with van der Waals surface area (Å²) < 4.78 is 10.7. The number of amides is 4. The molecule has 0 aliphatic carbocycles. The van der Waals surface area contributed by atoms with Gasteiger partial charge in [-0.1, -0.05) is 71.2 Å². The molecule has 10 rings (SSSR count). The molecule has 4 amide bonds. The van der Waals surface area contributed by atoms with Gasteiger partial charge in [0.15, 0.2) is 17.5 Å². The molecule has 0 bridgehead atoms. The number of benzene rings is 5. The van der Waals surface area contributed by atoms with Gasteiger partial charge >= 0.3 is 12.1 Å². The molecule has 2 aliphatic rings. The lowest BCUT2D eigenvalue weighted by Crippen LogP contribution is -2.36. The van der Waals surface area contributed by atoms with Crippen LogP contribution in [0.15, 0.2) is 145 Å². The fraction of sp³-hybridized carbons (Fsp3) is 0.237. The van der Waals surface area contributed by atoms with Crippen molar-refractivity contribution in [1.82, 2.24) is 40.5 Å². The fourth-order valence-electron chi connectivity index (χ4n) is 7.71. The van der Waals surface area contributed by atoms with E-state index in [9.17, 15) is 9.59 Å². The zero-order chi connectivity index (χ0) is 63.0. The molecule has 0 spiro atoms. The van der Waals surface area contributed by atoms with Crippen molar-refractivity contribution >= 4 is 156 Å². The largest absolute Gasteiger partial charge is 0.399 e. The second kappa shape index (κ2) is 36.9. The topological polar surface area (TPSA) is 314 Å². The van der Waals surface area contributed by atoms with Gasteiger partial charge in [0.25, 0.3) is 0 Å². The van der Waals surface area contributed by atoms with Crippen molar-refractivity contribution in [1.29, 1.82) is 0 Å². The highest BCUT2D eigenvalue weighted by Gasteiger charge is 2.15. The van der Waals surface area contributed by atoms with Gasteiger partial charge in [-0.25, -0.2) is 34.3 Å². The number of morpholine rings is 2. The van der Waals surface area contributed by atoms with Gasteiger partial charge < -0.3 is 73.3 Å². The summed E-state index contributed by atoms with van der Waals surface area (Å²) in [6.45, 7) is 14.0. The lowest BCUT2D eigenvalue weighted by molar-refractivity contribution is 0.122. The molecule has 29 heteroatoms. The van der Waals surface area contributed by atoms with Crippen molar-refractivity contribution in [3.05, 3.63) is 166 Å². The molecule has 2 saturated heterocycles. The van der Waals surface area contributed by atoms with Crippen LogP contribution >= 0.6 is 58.0 Å². The molecule has 24 nitrogen and oxygen atoms in total. The predicted octanol–water partition coefficient (Wildman–Crippen LogP) is 12.8. The number of nitrogens with one attached hydrogen (secondary N) is 8. The molecular weight excluding hydrogens is 1230 g/mol. The van der Waals surface area contributed by atoms with Crippen molar-refractivity contribution in [2.75, 3.05) is 125 Å². The van der Waals surface area contributed by atoms with Crippen molar-refractivity contribution < 1.29 is 23.9 Å². The van der Waals surface area contributed by atoms with E-state index >= 15 is 0 Å². The molecule has 88 heavy (non-hydrogen) atoms. The number of nitrogens with two attached hydrogens (primary N) is 2. The number of anilines is 14. The quantitative estimate of drug-likeness (QED) is 0.0197. The maximum Gasteiger partial charge on any atom is 0.319 e. The minimum atomic E-state index is -0.293. The molecule has 5 aromatic carbocycles. The van der Waals surface area contributed by atoms with Crippen molar-refractivity contribution in [2.45, 2.75) is 20.8 Å². The Hall–Kier alpha value is -8.97. The highest BCUT2D eigenvalue weighted by atomic mass is 35.5. The number of aliphatic imine (C=N–C) groups is 1. The third kappa shape index (κ3) is 23.0. The number of ether oxygens (including phenoxy) is 2. The van der Waals surface area contributed by atoms with Gasteiger partial charge in [-0.05, 0) is 129 Å². The Kier molecular flexibility index (Phi) is 28.6. The van der Waals surface area contributed by atoms with Crippen molar-refractivity contribution in [2.24, 2.45) is 4.99 Å². The second-order valence-electron chi connectivity index (χ2n) is 18.1. The molecule has 0 radical (unpaired) electrons. The molecule has 0 atom stereocenters. The van der Waals surface area contributed by atoms with Crippen LogP contribution in [0.25, 0.3) is 0 Å². The van der Waals surface area contributed by atoms with Crippen LogP contribution in [-0.2, 0) is 14.3 Å². The predicted molar refractivity (Wildman–Crippen MR) is 355 cm³/mol. The molecule has 0 unspecified atom stereocenters. The Morgan fingerprint density at radius 1 is 0.523 bits per heavy atom. The maximum atomic E-state index is 11.9. The monoisotopic (exact) mass is 1300 g/mol. The number of para-hydroxylation sites is 6. The Morgan fingerprint density at radius 2 is 0.920 bits per heavy atom. The van der Waals surface area contributed by atoms with E-state index in [1.54, 1.807) is 37.3 Å². The van der Waals surface area contributed by atoms with Crippen LogP contribution in [-0.4, -0.2) is 120 Å². The minimum absolute atomic E-state index is 0.0797. The van der Waals surface area contributed by atoms with E-state index in [1.165, 1.54) is 30.4 Å². The molecule has 2 aliphatic heterocycles. The number of nitrogens with zero attached hydrogens (tertiary/aromatic N) is 9. The molecule has 3 aromatic heterocycles. The number of rotatable bonds is 15. The van der Waals surface area contributed by atoms with Crippen molar-refractivity contribution in [3.63, 3.8) is 0 Å². The SMILES string of the molecule is CCN=C=O.CCNC(=O)Nc1ccccc1Nc1nc(Cl)ncc1Cl.CCNC(=O)Nc1ccccc1Nc1nc(Nc2ccc(N3CCOCC3)cc2)ncc1Cl.Nc1ccc(N2CCOCC2)cc1.Nc1ccccc1Nc1nc(Cl)ncc1Cl. The number of carbonyl (C=O) groups excluding carboxylic acids is 3. The van der Waals surface area contributed by atoms with E-state index < -0.39 is 0 Å². The van der Waals surface area contributed by atoms with E-state index in [1.807, 2.05) is 80.6 Å². The molecule has 2 fully saturated rings. The molecule has 0 saturated carbocycles. The first-order chi connectivity index (χ1) is 42.7. The number of halogens is 5. The summed E-state index contributed by atoms with van der Waals surface area (Å²) in [6.07, 6.45) is 5.75. The minimum Gasteiger partial charge on any atom is -0.399 e. The summed E-state index contributed by atoms with van der Waals surface area (Å²) in [5.41, 5.74) is 19.3. The summed E-state index contributed by atoms with van der Waals surface area (Å²) in [7, 11) is 0. The van der Waals surface area contributed by atoms with Crippen LogP contribution in [0.4, 0.5) is 89.9 Å². The average Bonchev–Trinajstić information content (AvgIpc) is 3.42. The highest BCUT2D eigenvalue weighted by molar-refractivity contribution is 6.34. The van der Waals surface area contributed by atoms with Crippen LogP contribution in [0.3, 0.4) is 0 Å². The van der Waals surface area contributed by atoms with Crippen molar-refractivity contribution in [3.8, 4) is 0 Å². The summed E-state index contributed by atoms with van der Waals surface area (Å²) in [5, 5.41) is 24.6. The van der Waals surface area contributed by atoms with Gasteiger partial charge in [0.2, 0.25) is 22.6 Å². The number of isocyanates is 1. The average molecular weight is 1300 g/mol. The van der Waals surface area contributed by atoms with E-state index in [2.05, 4.69) is 111 Å². The first-order valence-corrected chi connectivity index (χ1v) is 29.3. The van der Waals surface area contributed by atoms with Crippen LogP contribution in [0, 0.1) is 0 Å². The zero-order valence-electron chi connectivity index (χ0n) is 48.2. The molecule has 462 valence electrons. The highest BCUT2D eigenvalue weighted by Crippen LogP contribution is 2.32. The number of hydrogen-bond donors (Lipinski definition) is 10. The van der Waals surface area contributed by atoms with Gasteiger partial charge in [-0.2, -0.15) is 15.0 Å². The molecule has 5 heterocycles. The lowest BCUT2D eigenvalue weighted by atomic mass is 10.2. The summed E-state index contributed by atoms with van der Waals surface area (Å²) in [6, 6.07) is 37.3. The Morgan fingerprint density at radius 3 is 1.34 bits per heavy atom. The first-order valence-electron chi connectivity index (χ1n) is 27.4. The lowest BCUT2D eigenvalue weighted by Gasteiger charge is -2.28. The Balaban J connectivity index is 0.000000193. The van der Waals surface area contributed by atoms with Crippen LogP contribution in [0.1, 0.15) is 20.8 Å². The van der Waals surface area contributed by atoms with Gasteiger partial charge in [0.1, 0.15) is 15.1 Å². The van der Waals surface area contributed by atoms with Gasteiger partial charge in [0, 0.05) is 68.6 Å². The fourth-order valence-corrected chi connectivity index (χ4v) is 8.39. The molecule has 12 N–H and O–H groups in total. The van der Waals surface area contributed by atoms with E-state index in [4.69, 9.17) is 83.7 Å². The van der Waals surface area contributed by atoms with Gasteiger partial charge in [-0.15, -0.1) is 0 Å².